The van der Waals surface area contributed by atoms with Gasteiger partial charge in [0.25, 0.3) is 0 Å². The van der Waals surface area contributed by atoms with Crippen LogP contribution in [0, 0.1) is 0 Å². The molecule has 0 bridgehead atoms. The fourth-order valence-corrected chi connectivity index (χ4v) is 4.28. The van der Waals surface area contributed by atoms with Crippen molar-refractivity contribution in [3.05, 3.63) is 54.6 Å². The summed E-state index contributed by atoms with van der Waals surface area (Å²) >= 11 is 0. The van der Waals surface area contributed by atoms with Crippen molar-refractivity contribution in [2.45, 2.75) is 19.3 Å². The molecule has 6 heteroatoms. The molecule has 2 aromatic carbocycles. The standard InChI is InChI=1S/C26H34N4O2/c1-31-22-12-10-21-11-13-26(28-23(21)20-22)27-14-6-3-7-15-29-16-18-30(19-17-29)24-8-4-5-9-25(24)32-2/h4-5,8-13,20H,3,6-7,14-19H2,1-2H3,(H,27,28). The molecule has 1 fully saturated rings. The number of nitrogens with one attached hydrogen (secondary N) is 1. The molecule has 1 aromatic heterocycles. The van der Waals surface area contributed by atoms with E-state index in [0.29, 0.717) is 0 Å². The number of rotatable bonds is 10. The van der Waals surface area contributed by atoms with Crippen molar-refractivity contribution in [1.82, 2.24) is 9.88 Å². The number of hydrogen-bond acceptors (Lipinski definition) is 6. The zero-order chi connectivity index (χ0) is 22.2. The summed E-state index contributed by atoms with van der Waals surface area (Å²) in [5.74, 6) is 2.73. The van der Waals surface area contributed by atoms with Crippen LogP contribution in [0.3, 0.4) is 0 Å². The Balaban J connectivity index is 1.13. The molecule has 32 heavy (non-hydrogen) atoms. The summed E-state index contributed by atoms with van der Waals surface area (Å²) in [5, 5.41) is 4.59. The van der Waals surface area contributed by atoms with Gasteiger partial charge in [0.15, 0.2) is 0 Å². The van der Waals surface area contributed by atoms with Gasteiger partial charge in [-0.15, -0.1) is 0 Å². The first-order valence-corrected chi connectivity index (χ1v) is 11.6. The Bertz CT molecular complexity index is 1000. The van der Waals surface area contributed by atoms with E-state index < -0.39 is 0 Å². The monoisotopic (exact) mass is 434 g/mol. The van der Waals surface area contributed by atoms with Crippen molar-refractivity contribution < 1.29 is 9.47 Å². The van der Waals surface area contributed by atoms with Gasteiger partial charge in [0.2, 0.25) is 0 Å². The first-order valence-electron chi connectivity index (χ1n) is 11.6. The lowest BCUT2D eigenvalue weighted by Gasteiger charge is -2.36. The Morgan fingerprint density at radius 1 is 0.875 bits per heavy atom. The highest BCUT2D eigenvalue weighted by Crippen LogP contribution is 2.28. The van der Waals surface area contributed by atoms with Crippen LogP contribution in [0.15, 0.2) is 54.6 Å². The second kappa shape index (κ2) is 11.0. The lowest BCUT2D eigenvalue weighted by Crippen LogP contribution is -2.46. The lowest BCUT2D eigenvalue weighted by molar-refractivity contribution is 0.252. The molecule has 2 heterocycles. The number of benzene rings is 2. The van der Waals surface area contributed by atoms with Gasteiger partial charge >= 0.3 is 0 Å². The smallest absolute Gasteiger partial charge is 0.142 e. The Morgan fingerprint density at radius 2 is 1.69 bits per heavy atom. The Morgan fingerprint density at radius 3 is 2.50 bits per heavy atom. The summed E-state index contributed by atoms with van der Waals surface area (Å²) < 4.78 is 10.8. The van der Waals surface area contributed by atoms with E-state index in [1.54, 1.807) is 14.2 Å². The molecule has 0 saturated carbocycles. The quantitative estimate of drug-likeness (QED) is 0.469. The van der Waals surface area contributed by atoms with E-state index in [1.807, 2.05) is 30.3 Å². The van der Waals surface area contributed by atoms with Crippen molar-refractivity contribution in [2.24, 2.45) is 0 Å². The number of hydrogen-bond donors (Lipinski definition) is 1. The number of fused-ring (bicyclic) bond motifs is 1. The maximum atomic E-state index is 5.52. The van der Waals surface area contributed by atoms with Crippen molar-refractivity contribution >= 4 is 22.4 Å². The average molecular weight is 435 g/mol. The fourth-order valence-electron chi connectivity index (χ4n) is 4.28. The van der Waals surface area contributed by atoms with Crippen LogP contribution in [0.4, 0.5) is 11.5 Å². The van der Waals surface area contributed by atoms with Gasteiger partial charge in [-0.05, 0) is 55.8 Å². The third kappa shape index (κ3) is 5.62. The van der Waals surface area contributed by atoms with Gasteiger partial charge < -0.3 is 19.7 Å². The Hall–Kier alpha value is -2.99. The number of methoxy groups -OCH3 is 2. The number of ether oxygens (including phenoxy) is 2. The maximum Gasteiger partial charge on any atom is 0.142 e. The van der Waals surface area contributed by atoms with E-state index in [1.165, 1.54) is 25.1 Å². The summed E-state index contributed by atoms with van der Waals surface area (Å²) in [4.78, 5) is 9.72. The minimum Gasteiger partial charge on any atom is -0.497 e. The third-order valence-corrected chi connectivity index (χ3v) is 6.15. The molecule has 6 nitrogen and oxygen atoms in total. The molecule has 1 N–H and O–H groups in total. The Kier molecular flexibility index (Phi) is 7.67. The van der Waals surface area contributed by atoms with Gasteiger partial charge in [-0.3, -0.25) is 4.90 Å². The molecule has 0 aliphatic carbocycles. The molecule has 0 radical (unpaired) electrons. The SMILES string of the molecule is COc1ccc2ccc(NCCCCCN3CCN(c4ccccc4OC)CC3)nc2c1. The summed E-state index contributed by atoms with van der Waals surface area (Å²) in [7, 11) is 3.43. The van der Waals surface area contributed by atoms with E-state index in [0.717, 1.165) is 67.4 Å². The highest BCUT2D eigenvalue weighted by atomic mass is 16.5. The summed E-state index contributed by atoms with van der Waals surface area (Å²) in [5.41, 5.74) is 2.17. The molecular formula is C26H34N4O2. The molecule has 0 unspecified atom stereocenters. The van der Waals surface area contributed by atoms with Crippen LogP contribution in [-0.4, -0.2) is 63.4 Å². The molecule has 1 saturated heterocycles. The second-order valence-electron chi connectivity index (χ2n) is 8.24. The van der Waals surface area contributed by atoms with E-state index in [9.17, 15) is 0 Å². The van der Waals surface area contributed by atoms with Crippen LogP contribution in [0.25, 0.3) is 10.9 Å². The summed E-state index contributed by atoms with van der Waals surface area (Å²) in [6.07, 6.45) is 3.61. The average Bonchev–Trinajstić information content (AvgIpc) is 2.86. The third-order valence-electron chi connectivity index (χ3n) is 6.15. The molecule has 170 valence electrons. The number of piperazine rings is 1. The number of nitrogens with zero attached hydrogens (tertiary/aromatic N) is 3. The van der Waals surface area contributed by atoms with Crippen molar-refractivity contribution in [3.63, 3.8) is 0 Å². The maximum absolute atomic E-state index is 5.52. The number of anilines is 2. The number of aromatic nitrogens is 1. The topological polar surface area (TPSA) is 49.9 Å². The molecule has 0 spiro atoms. The molecule has 1 aliphatic heterocycles. The molecule has 0 atom stereocenters. The minimum absolute atomic E-state index is 0.839. The van der Waals surface area contributed by atoms with Crippen LogP contribution in [0.2, 0.25) is 0 Å². The highest BCUT2D eigenvalue weighted by Gasteiger charge is 2.18. The lowest BCUT2D eigenvalue weighted by atomic mass is 10.2. The predicted molar refractivity (Wildman–Crippen MR) is 132 cm³/mol. The van der Waals surface area contributed by atoms with E-state index in [4.69, 9.17) is 14.5 Å². The van der Waals surface area contributed by atoms with E-state index in [-0.39, 0.29) is 0 Å². The van der Waals surface area contributed by atoms with Crippen molar-refractivity contribution in [1.29, 1.82) is 0 Å². The predicted octanol–water partition coefficient (Wildman–Crippen LogP) is 4.66. The van der Waals surface area contributed by atoms with Crippen molar-refractivity contribution in [2.75, 3.05) is 63.7 Å². The Labute approximate surface area is 191 Å². The van der Waals surface area contributed by atoms with Gasteiger partial charge in [-0.2, -0.15) is 0 Å². The number of pyridine rings is 1. The molecule has 3 aromatic rings. The first kappa shape index (κ1) is 22.2. The fraction of sp³-hybridized carbons (Fsp3) is 0.423. The number of unbranched alkanes of at least 4 members (excludes halogenated alkanes) is 2. The highest BCUT2D eigenvalue weighted by molar-refractivity contribution is 5.81. The number of para-hydroxylation sites is 2. The second-order valence-corrected chi connectivity index (χ2v) is 8.24. The van der Waals surface area contributed by atoms with Crippen LogP contribution in [0.1, 0.15) is 19.3 Å². The molecule has 0 amide bonds. The zero-order valence-electron chi connectivity index (χ0n) is 19.2. The van der Waals surface area contributed by atoms with Crippen LogP contribution < -0.4 is 19.7 Å². The summed E-state index contributed by atoms with van der Waals surface area (Å²) in [6.45, 7) is 6.46. The normalized spacial score (nSPS) is 14.5. The van der Waals surface area contributed by atoms with Gasteiger partial charge in [-0.25, -0.2) is 4.98 Å². The molecule has 4 rings (SSSR count). The molecular weight excluding hydrogens is 400 g/mol. The van der Waals surface area contributed by atoms with Gasteiger partial charge in [-0.1, -0.05) is 18.6 Å². The van der Waals surface area contributed by atoms with Gasteiger partial charge in [0.1, 0.15) is 17.3 Å². The van der Waals surface area contributed by atoms with Crippen molar-refractivity contribution in [3.8, 4) is 11.5 Å². The molecule has 1 aliphatic rings. The van der Waals surface area contributed by atoms with E-state index >= 15 is 0 Å². The minimum atomic E-state index is 0.839. The van der Waals surface area contributed by atoms with Crippen LogP contribution in [-0.2, 0) is 0 Å². The first-order chi connectivity index (χ1) is 15.8. The van der Waals surface area contributed by atoms with Crippen LogP contribution >= 0.6 is 0 Å². The summed E-state index contributed by atoms with van der Waals surface area (Å²) in [6, 6.07) is 18.5. The van der Waals surface area contributed by atoms with E-state index in [2.05, 4.69) is 39.4 Å². The van der Waals surface area contributed by atoms with Gasteiger partial charge in [0, 0.05) is 44.2 Å². The van der Waals surface area contributed by atoms with Gasteiger partial charge in [0.05, 0.1) is 25.4 Å². The van der Waals surface area contributed by atoms with Crippen LogP contribution in [0.5, 0.6) is 11.5 Å². The zero-order valence-corrected chi connectivity index (χ0v) is 19.2. The largest absolute Gasteiger partial charge is 0.497 e.